The lowest BCUT2D eigenvalue weighted by Crippen LogP contribution is -2.23. The van der Waals surface area contributed by atoms with E-state index in [1.54, 1.807) is 13.3 Å². The van der Waals surface area contributed by atoms with Crippen molar-refractivity contribution in [1.29, 1.82) is 0 Å². The molecule has 0 saturated carbocycles. The summed E-state index contributed by atoms with van der Waals surface area (Å²) in [6.45, 7) is 0.702. The third-order valence-electron chi connectivity index (χ3n) is 3.89. The highest BCUT2D eigenvalue weighted by Gasteiger charge is 2.21. The van der Waals surface area contributed by atoms with E-state index in [9.17, 15) is 0 Å². The maximum atomic E-state index is 5.89. The van der Waals surface area contributed by atoms with Gasteiger partial charge in [0, 0.05) is 32.3 Å². The summed E-state index contributed by atoms with van der Waals surface area (Å²) in [5.41, 5.74) is 2.24. The number of anilines is 1. The predicted molar refractivity (Wildman–Crippen MR) is 85.7 cm³/mol. The lowest BCUT2D eigenvalue weighted by molar-refractivity contribution is 0.219. The molecule has 3 rings (SSSR count). The van der Waals surface area contributed by atoms with Crippen molar-refractivity contribution in [2.45, 2.75) is 12.8 Å². The third-order valence-corrected chi connectivity index (χ3v) is 3.89. The van der Waals surface area contributed by atoms with Crippen LogP contribution in [0.5, 0.6) is 11.5 Å². The zero-order valence-corrected chi connectivity index (χ0v) is 13.2. The molecule has 2 heterocycles. The van der Waals surface area contributed by atoms with Crippen molar-refractivity contribution in [2.75, 3.05) is 32.7 Å². The quantitative estimate of drug-likeness (QED) is 0.867. The first-order chi connectivity index (χ1) is 10.7. The Balaban J connectivity index is 1.71. The Morgan fingerprint density at radius 2 is 2.18 bits per heavy atom. The third kappa shape index (κ3) is 3.13. The Morgan fingerprint density at radius 3 is 2.95 bits per heavy atom. The van der Waals surface area contributed by atoms with Crippen LogP contribution in [0.2, 0.25) is 0 Å². The molecule has 1 aliphatic heterocycles. The van der Waals surface area contributed by atoms with Crippen LogP contribution in [0.4, 0.5) is 5.82 Å². The molecule has 5 nitrogen and oxygen atoms in total. The second-order valence-electron chi connectivity index (χ2n) is 5.82. The Morgan fingerprint density at radius 1 is 1.32 bits per heavy atom. The van der Waals surface area contributed by atoms with E-state index in [0.29, 0.717) is 12.5 Å². The molecule has 0 saturated heterocycles. The highest BCUT2D eigenvalue weighted by atomic mass is 16.5. The van der Waals surface area contributed by atoms with Crippen LogP contribution in [0, 0.1) is 5.92 Å². The molecular weight excluding hydrogens is 278 g/mol. The number of fused-ring (bicyclic) bond motifs is 1. The SMILES string of the molecule is COc1ccc2c(c1)OCC(Cc1cncc(N(C)C)n1)C2. The molecule has 1 aliphatic rings. The predicted octanol–water partition coefficient (Wildman–Crippen LogP) is 2.34. The summed E-state index contributed by atoms with van der Waals surface area (Å²) >= 11 is 0. The minimum Gasteiger partial charge on any atom is -0.497 e. The zero-order valence-electron chi connectivity index (χ0n) is 13.2. The van der Waals surface area contributed by atoms with Crippen LogP contribution in [0.3, 0.4) is 0 Å². The van der Waals surface area contributed by atoms with Gasteiger partial charge in [0.1, 0.15) is 17.3 Å². The van der Waals surface area contributed by atoms with Crippen molar-refractivity contribution in [3.63, 3.8) is 0 Å². The molecule has 0 amide bonds. The zero-order chi connectivity index (χ0) is 15.5. The van der Waals surface area contributed by atoms with Gasteiger partial charge in [-0.3, -0.25) is 4.98 Å². The number of benzene rings is 1. The fourth-order valence-electron chi connectivity index (χ4n) is 2.68. The number of hydrogen-bond acceptors (Lipinski definition) is 5. The number of aromatic nitrogens is 2. The van der Waals surface area contributed by atoms with E-state index < -0.39 is 0 Å². The molecule has 0 fully saturated rings. The minimum absolute atomic E-state index is 0.424. The van der Waals surface area contributed by atoms with Crippen LogP contribution in [0.1, 0.15) is 11.3 Å². The molecule has 22 heavy (non-hydrogen) atoms. The van der Waals surface area contributed by atoms with Crippen LogP contribution in [-0.2, 0) is 12.8 Å². The molecule has 0 N–H and O–H groups in total. The van der Waals surface area contributed by atoms with Crippen molar-refractivity contribution < 1.29 is 9.47 Å². The van der Waals surface area contributed by atoms with E-state index in [2.05, 4.69) is 16.0 Å². The van der Waals surface area contributed by atoms with Crippen LogP contribution >= 0.6 is 0 Å². The molecule has 5 heteroatoms. The van der Waals surface area contributed by atoms with Gasteiger partial charge in [-0.1, -0.05) is 6.07 Å². The lowest BCUT2D eigenvalue weighted by Gasteiger charge is -2.25. The minimum atomic E-state index is 0.424. The Hall–Kier alpha value is -2.30. The standard InChI is InChI=1S/C17H21N3O2/c1-20(2)17-10-18-9-14(19-17)7-12-6-13-4-5-15(21-3)8-16(13)22-11-12/h4-5,8-10,12H,6-7,11H2,1-3H3. The van der Waals surface area contributed by atoms with Gasteiger partial charge in [0.2, 0.25) is 0 Å². The van der Waals surface area contributed by atoms with Crippen molar-refractivity contribution in [2.24, 2.45) is 5.92 Å². The normalized spacial score (nSPS) is 16.6. The molecule has 0 spiro atoms. The van der Waals surface area contributed by atoms with E-state index in [1.807, 2.05) is 37.3 Å². The Bertz CT molecular complexity index is 658. The molecule has 1 aromatic carbocycles. The smallest absolute Gasteiger partial charge is 0.146 e. The maximum Gasteiger partial charge on any atom is 0.146 e. The number of hydrogen-bond donors (Lipinski definition) is 0. The van der Waals surface area contributed by atoms with Gasteiger partial charge in [-0.05, 0) is 24.5 Å². The van der Waals surface area contributed by atoms with Crippen LogP contribution < -0.4 is 14.4 Å². The maximum absolute atomic E-state index is 5.89. The topological polar surface area (TPSA) is 47.5 Å². The molecule has 0 bridgehead atoms. The Kier molecular flexibility index (Phi) is 4.13. The number of methoxy groups -OCH3 is 1. The van der Waals surface area contributed by atoms with Crippen LogP contribution in [0.15, 0.2) is 30.6 Å². The fraction of sp³-hybridized carbons (Fsp3) is 0.412. The first-order valence-electron chi connectivity index (χ1n) is 7.43. The average molecular weight is 299 g/mol. The summed E-state index contributed by atoms with van der Waals surface area (Å²) < 4.78 is 11.1. The summed E-state index contributed by atoms with van der Waals surface area (Å²) in [4.78, 5) is 10.9. The monoisotopic (exact) mass is 299 g/mol. The van der Waals surface area contributed by atoms with Gasteiger partial charge in [0.15, 0.2) is 0 Å². The van der Waals surface area contributed by atoms with Gasteiger partial charge in [0.25, 0.3) is 0 Å². The number of rotatable bonds is 4. The number of nitrogens with zero attached hydrogens (tertiary/aromatic N) is 3. The number of ether oxygens (including phenoxy) is 2. The summed E-state index contributed by atoms with van der Waals surface area (Å²) in [5, 5.41) is 0. The van der Waals surface area contributed by atoms with Crippen LogP contribution in [0.25, 0.3) is 0 Å². The van der Waals surface area contributed by atoms with Gasteiger partial charge in [-0.25, -0.2) is 4.98 Å². The molecule has 0 radical (unpaired) electrons. The first kappa shape index (κ1) is 14.6. The summed E-state index contributed by atoms with van der Waals surface area (Å²) in [6.07, 6.45) is 5.49. The van der Waals surface area contributed by atoms with Gasteiger partial charge >= 0.3 is 0 Å². The summed E-state index contributed by atoms with van der Waals surface area (Å²) in [7, 11) is 5.62. The molecule has 116 valence electrons. The molecule has 1 aromatic heterocycles. The van der Waals surface area contributed by atoms with E-state index in [4.69, 9.17) is 9.47 Å². The van der Waals surface area contributed by atoms with Gasteiger partial charge in [-0.15, -0.1) is 0 Å². The van der Waals surface area contributed by atoms with E-state index >= 15 is 0 Å². The first-order valence-corrected chi connectivity index (χ1v) is 7.43. The highest BCUT2D eigenvalue weighted by molar-refractivity contribution is 5.42. The van der Waals surface area contributed by atoms with Gasteiger partial charge in [0.05, 0.1) is 25.6 Å². The van der Waals surface area contributed by atoms with Gasteiger partial charge in [-0.2, -0.15) is 0 Å². The van der Waals surface area contributed by atoms with Crippen molar-refractivity contribution >= 4 is 5.82 Å². The molecule has 1 unspecified atom stereocenters. The second-order valence-corrected chi connectivity index (χ2v) is 5.82. The van der Waals surface area contributed by atoms with Gasteiger partial charge < -0.3 is 14.4 Å². The van der Waals surface area contributed by atoms with Crippen molar-refractivity contribution in [3.8, 4) is 11.5 Å². The largest absolute Gasteiger partial charge is 0.497 e. The highest BCUT2D eigenvalue weighted by Crippen LogP contribution is 2.31. The molecular formula is C17H21N3O2. The lowest BCUT2D eigenvalue weighted by atomic mass is 9.93. The molecule has 1 atom stereocenters. The van der Waals surface area contributed by atoms with E-state index in [1.165, 1.54) is 5.56 Å². The van der Waals surface area contributed by atoms with Crippen LogP contribution in [-0.4, -0.2) is 37.8 Å². The van der Waals surface area contributed by atoms with Crippen molar-refractivity contribution in [3.05, 3.63) is 41.9 Å². The Labute approximate surface area is 130 Å². The second kappa shape index (κ2) is 6.22. The molecule has 2 aromatic rings. The fourth-order valence-corrected chi connectivity index (χ4v) is 2.68. The van der Waals surface area contributed by atoms with E-state index in [-0.39, 0.29) is 0 Å². The summed E-state index contributed by atoms with van der Waals surface area (Å²) in [5.74, 6) is 3.08. The average Bonchev–Trinajstić information content (AvgIpc) is 2.54. The van der Waals surface area contributed by atoms with Crippen molar-refractivity contribution in [1.82, 2.24) is 9.97 Å². The summed E-state index contributed by atoms with van der Waals surface area (Å²) in [6, 6.07) is 6.03. The molecule has 0 aliphatic carbocycles. The van der Waals surface area contributed by atoms with E-state index in [0.717, 1.165) is 35.9 Å².